The van der Waals surface area contributed by atoms with Crippen LogP contribution in [0.3, 0.4) is 0 Å². The number of hydrogen-bond acceptors (Lipinski definition) is 0. The molecule has 0 saturated carbocycles. The van der Waals surface area contributed by atoms with Crippen molar-refractivity contribution in [2.45, 2.75) is 25.9 Å². The number of rotatable bonds is 4. The van der Waals surface area contributed by atoms with Crippen LogP contribution < -0.4 is 0 Å². The lowest BCUT2D eigenvalue weighted by Gasteiger charge is -2.15. The van der Waals surface area contributed by atoms with E-state index in [-0.39, 0.29) is 0 Å². The van der Waals surface area contributed by atoms with E-state index in [2.05, 4.69) is 19.7 Å². The van der Waals surface area contributed by atoms with Crippen molar-refractivity contribution in [1.29, 1.82) is 0 Å². The largest absolute Gasteiger partial charge is 0.416 e. The normalized spacial score (nSPS) is 13.3. The first-order valence-electron chi connectivity index (χ1n) is 9.14. The Hall–Kier alpha value is -3.08. The first-order chi connectivity index (χ1) is 13.8. The minimum absolute atomic E-state index is 0.340. The number of aromatic nitrogens is 1. The summed E-state index contributed by atoms with van der Waals surface area (Å²) in [6.45, 7) is 11.3. The highest BCUT2D eigenvalue weighted by atomic mass is 19.4. The van der Waals surface area contributed by atoms with Gasteiger partial charge >= 0.3 is 6.18 Å². The Morgan fingerprint density at radius 3 is 2.28 bits per heavy atom. The summed E-state index contributed by atoms with van der Waals surface area (Å²) in [5.74, 6) is -0.578. The van der Waals surface area contributed by atoms with Gasteiger partial charge in [0, 0.05) is 16.8 Å². The minimum Gasteiger partial charge on any atom is -0.309 e. The Balaban J connectivity index is 0.00000145. The van der Waals surface area contributed by atoms with Gasteiger partial charge in [-0.3, -0.25) is 0 Å². The van der Waals surface area contributed by atoms with E-state index in [9.17, 15) is 17.6 Å². The number of benzene rings is 1. The Kier molecular flexibility index (Phi) is 7.21. The second kappa shape index (κ2) is 9.41. The van der Waals surface area contributed by atoms with Gasteiger partial charge in [0.05, 0.1) is 17.0 Å². The van der Waals surface area contributed by atoms with Crippen molar-refractivity contribution < 1.29 is 17.6 Å². The van der Waals surface area contributed by atoms with E-state index in [1.165, 1.54) is 12.1 Å². The second-order valence-corrected chi connectivity index (χ2v) is 6.22. The van der Waals surface area contributed by atoms with Crippen LogP contribution in [0.1, 0.15) is 42.3 Å². The zero-order valence-electron chi connectivity index (χ0n) is 16.3. The Morgan fingerprint density at radius 1 is 1.10 bits per heavy atom. The van der Waals surface area contributed by atoms with Gasteiger partial charge < -0.3 is 4.57 Å². The van der Waals surface area contributed by atoms with Crippen molar-refractivity contribution in [3.8, 4) is 5.69 Å². The van der Waals surface area contributed by atoms with E-state index in [1.54, 1.807) is 10.6 Å². The first kappa shape index (κ1) is 22.2. The quantitative estimate of drug-likeness (QED) is 0.278. The Bertz CT molecular complexity index is 954. The summed E-state index contributed by atoms with van der Waals surface area (Å²) in [5.41, 5.74) is 2.38. The SMILES string of the molecule is C=C.C=C(F)/C(=C\CC)c1cc2c(n1-c1ccc(C(F)(F)F)cc1)C=CCC=C2. The molecule has 29 heavy (non-hydrogen) atoms. The van der Waals surface area contributed by atoms with Crippen molar-refractivity contribution >= 4 is 17.7 Å². The summed E-state index contributed by atoms with van der Waals surface area (Å²) in [7, 11) is 0. The fourth-order valence-electron chi connectivity index (χ4n) is 3.14. The molecule has 0 bridgehead atoms. The zero-order valence-corrected chi connectivity index (χ0v) is 16.3. The maximum Gasteiger partial charge on any atom is 0.416 e. The molecule has 2 aromatic rings. The van der Waals surface area contributed by atoms with Gasteiger partial charge in [0.25, 0.3) is 0 Å². The van der Waals surface area contributed by atoms with Crippen molar-refractivity contribution in [3.05, 3.63) is 96.6 Å². The third-order valence-electron chi connectivity index (χ3n) is 4.34. The van der Waals surface area contributed by atoms with Crippen LogP contribution in [0.2, 0.25) is 0 Å². The predicted molar refractivity (Wildman–Crippen MR) is 113 cm³/mol. The number of hydrogen-bond donors (Lipinski definition) is 0. The number of allylic oxidation sites excluding steroid dienone is 5. The van der Waals surface area contributed by atoms with Crippen molar-refractivity contribution in [2.24, 2.45) is 0 Å². The topological polar surface area (TPSA) is 4.93 Å². The standard InChI is InChI=1S/C22H19F4N.C2H4/c1-3-7-19(15(2)23)21-14-16-8-5-4-6-9-20(16)27(21)18-12-10-17(11-13-18)22(24,25)26;1-2/h5-14H,2-4H2,1H3;1-2H2/b19-7+;. The third kappa shape index (κ3) is 4.86. The highest BCUT2D eigenvalue weighted by molar-refractivity contribution is 5.81. The molecule has 1 heterocycles. The van der Waals surface area contributed by atoms with Gasteiger partial charge in [0.1, 0.15) is 5.83 Å². The summed E-state index contributed by atoms with van der Waals surface area (Å²) >= 11 is 0. The van der Waals surface area contributed by atoms with E-state index in [0.29, 0.717) is 23.4 Å². The molecule has 5 heteroatoms. The molecule has 1 nitrogen and oxygen atoms in total. The fourth-order valence-corrected chi connectivity index (χ4v) is 3.14. The molecular weight excluding hydrogens is 378 g/mol. The maximum atomic E-state index is 14.1. The van der Waals surface area contributed by atoms with E-state index in [0.717, 1.165) is 29.8 Å². The van der Waals surface area contributed by atoms with Gasteiger partial charge in [-0.25, -0.2) is 4.39 Å². The molecule has 3 rings (SSSR count). The molecule has 0 saturated heterocycles. The minimum atomic E-state index is -4.40. The van der Waals surface area contributed by atoms with Crippen LogP contribution in [0.4, 0.5) is 17.6 Å². The lowest BCUT2D eigenvalue weighted by Crippen LogP contribution is -2.06. The van der Waals surface area contributed by atoms with Crippen LogP contribution in [-0.2, 0) is 6.18 Å². The molecule has 0 spiro atoms. The van der Waals surface area contributed by atoms with Crippen molar-refractivity contribution in [1.82, 2.24) is 4.57 Å². The number of alkyl halides is 3. The first-order valence-corrected chi connectivity index (χ1v) is 9.14. The van der Waals surface area contributed by atoms with Crippen LogP contribution in [0, 0.1) is 0 Å². The molecule has 0 radical (unpaired) electrons. The summed E-state index contributed by atoms with van der Waals surface area (Å²) in [6.07, 6.45) is 6.46. The lowest BCUT2D eigenvalue weighted by molar-refractivity contribution is -0.137. The second-order valence-electron chi connectivity index (χ2n) is 6.22. The molecule has 0 unspecified atom stereocenters. The number of fused-ring (bicyclic) bond motifs is 1. The monoisotopic (exact) mass is 401 g/mol. The van der Waals surface area contributed by atoms with Crippen LogP contribution in [0.25, 0.3) is 23.4 Å². The molecule has 1 aromatic carbocycles. The van der Waals surface area contributed by atoms with Gasteiger partial charge in [-0.05, 0) is 49.2 Å². The van der Waals surface area contributed by atoms with Crippen LogP contribution in [0.5, 0.6) is 0 Å². The lowest BCUT2D eigenvalue weighted by atomic mass is 10.1. The molecule has 0 atom stereocenters. The molecule has 0 fully saturated rings. The summed E-state index contributed by atoms with van der Waals surface area (Å²) in [6, 6.07) is 6.72. The van der Waals surface area contributed by atoms with E-state index in [1.807, 2.05) is 37.3 Å². The predicted octanol–water partition coefficient (Wildman–Crippen LogP) is 8.01. The van der Waals surface area contributed by atoms with Gasteiger partial charge in [-0.2, -0.15) is 13.2 Å². The zero-order chi connectivity index (χ0) is 21.6. The molecule has 152 valence electrons. The number of nitrogens with zero attached hydrogens (tertiary/aromatic N) is 1. The number of halogens is 4. The van der Waals surface area contributed by atoms with E-state index >= 15 is 0 Å². The highest BCUT2D eigenvalue weighted by Gasteiger charge is 2.30. The molecule has 1 aliphatic carbocycles. The summed E-state index contributed by atoms with van der Waals surface area (Å²) in [5, 5.41) is 0. The molecular formula is C24H23F4N. The van der Waals surface area contributed by atoms with Crippen molar-refractivity contribution in [3.63, 3.8) is 0 Å². The van der Waals surface area contributed by atoms with Gasteiger partial charge in [-0.1, -0.05) is 37.8 Å². The Morgan fingerprint density at radius 2 is 1.72 bits per heavy atom. The molecule has 1 aromatic heterocycles. The fraction of sp³-hybridized carbons (Fsp3) is 0.167. The highest BCUT2D eigenvalue weighted by Crippen LogP contribution is 2.35. The average Bonchev–Trinajstić information content (AvgIpc) is 2.88. The Labute approximate surface area is 168 Å². The third-order valence-corrected chi connectivity index (χ3v) is 4.34. The smallest absolute Gasteiger partial charge is 0.309 e. The average molecular weight is 401 g/mol. The van der Waals surface area contributed by atoms with Gasteiger partial charge in [0.2, 0.25) is 0 Å². The van der Waals surface area contributed by atoms with Crippen LogP contribution in [0.15, 0.2) is 74.1 Å². The molecule has 0 aliphatic heterocycles. The van der Waals surface area contributed by atoms with E-state index in [4.69, 9.17) is 0 Å². The van der Waals surface area contributed by atoms with Crippen LogP contribution >= 0.6 is 0 Å². The van der Waals surface area contributed by atoms with Gasteiger partial charge in [0.15, 0.2) is 0 Å². The van der Waals surface area contributed by atoms with Gasteiger partial charge in [-0.15, -0.1) is 13.2 Å². The van der Waals surface area contributed by atoms with E-state index < -0.39 is 17.6 Å². The summed E-state index contributed by atoms with van der Waals surface area (Å²) < 4.78 is 54.6. The molecule has 0 amide bonds. The maximum absolute atomic E-state index is 14.1. The van der Waals surface area contributed by atoms with Crippen LogP contribution in [-0.4, -0.2) is 4.57 Å². The summed E-state index contributed by atoms with van der Waals surface area (Å²) in [4.78, 5) is 0. The molecule has 1 aliphatic rings. The molecule has 0 N–H and O–H groups in total. The van der Waals surface area contributed by atoms with Crippen molar-refractivity contribution in [2.75, 3.05) is 0 Å².